The van der Waals surface area contributed by atoms with Gasteiger partial charge in [0.15, 0.2) is 0 Å². The number of amides is 1. The fraction of sp³-hybridized carbons (Fsp3) is 0.0500. The fourth-order valence-corrected chi connectivity index (χ4v) is 2.86. The lowest BCUT2D eigenvalue weighted by molar-refractivity contribution is -0.112. The second kappa shape index (κ2) is 7.27. The van der Waals surface area contributed by atoms with E-state index < -0.39 is 12.1 Å². The van der Waals surface area contributed by atoms with Gasteiger partial charge in [-0.3, -0.25) is 4.79 Å². The first-order valence-electron chi connectivity index (χ1n) is 8.53. The van der Waals surface area contributed by atoms with Gasteiger partial charge in [0.25, 0.3) is 0 Å². The van der Waals surface area contributed by atoms with Crippen LogP contribution in [-0.2, 0) is 4.79 Å². The Bertz CT molecular complexity index is 1230. The van der Waals surface area contributed by atoms with Crippen molar-refractivity contribution in [2.45, 2.75) is 6.18 Å². The fourth-order valence-electron chi connectivity index (χ4n) is 2.86. The van der Waals surface area contributed by atoms with Crippen molar-refractivity contribution in [1.29, 1.82) is 0 Å². The van der Waals surface area contributed by atoms with Crippen molar-refractivity contribution < 1.29 is 18.0 Å². The van der Waals surface area contributed by atoms with Crippen LogP contribution in [0.1, 0.15) is 0 Å². The average molecular weight is 397 g/mol. The first-order chi connectivity index (χ1) is 13.9. The number of alkyl halides is 3. The topological polar surface area (TPSA) is 82.7 Å². The first kappa shape index (κ1) is 18.5. The third kappa shape index (κ3) is 4.34. The molecule has 0 fully saturated rings. The number of nitrogens with one attached hydrogen (secondary N) is 3. The van der Waals surface area contributed by atoms with E-state index in [0.717, 1.165) is 16.6 Å². The number of allylic oxidation sites excluding steroid dienone is 1. The highest BCUT2D eigenvalue weighted by molar-refractivity contribution is 6.02. The van der Waals surface area contributed by atoms with Crippen molar-refractivity contribution in [1.82, 2.24) is 15.0 Å². The minimum atomic E-state index is -4.55. The summed E-state index contributed by atoms with van der Waals surface area (Å²) in [6, 6.07) is 12.5. The molecule has 1 amide bonds. The van der Waals surface area contributed by atoms with Gasteiger partial charge in [-0.05, 0) is 42.5 Å². The molecule has 2 aromatic heterocycles. The summed E-state index contributed by atoms with van der Waals surface area (Å²) in [7, 11) is 0. The monoisotopic (exact) mass is 397 g/mol. The Hall–Kier alpha value is -3.88. The van der Waals surface area contributed by atoms with E-state index in [1.165, 1.54) is 6.33 Å². The Labute approximate surface area is 162 Å². The maximum Gasteiger partial charge on any atom is 0.409 e. The number of halogens is 3. The number of anilines is 3. The second-order valence-corrected chi connectivity index (χ2v) is 6.22. The second-order valence-electron chi connectivity index (χ2n) is 6.22. The van der Waals surface area contributed by atoms with Crippen molar-refractivity contribution in [2.24, 2.45) is 0 Å². The van der Waals surface area contributed by atoms with Gasteiger partial charge in [0.1, 0.15) is 12.1 Å². The van der Waals surface area contributed by atoms with Gasteiger partial charge < -0.3 is 15.6 Å². The maximum absolute atomic E-state index is 12.2. The molecule has 9 heteroatoms. The molecule has 146 valence electrons. The zero-order valence-corrected chi connectivity index (χ0v) is 14.8. The molecule has 0 aliphatic carbocycles. The van der Waals surface area contributed by atoms with E-state index >= 15 is 0 Å². The van der Waals surface area contributed by atoms with Crippen LogP contribution in [0.3, 0.4) is 0 Å². The number of nitrogens with zero attached hydrogens (tertiary/aromatic N) is 2. The van der Waals surface area contributed by atoms with Crippen LogP contribution in [-0.4, -0.2) is 27.0 Å². The van der Waals surface area contributed by atoms with Crippen LogP contribution in [0.5, 0.6) is 0 Å². The summed E-state index contributed by atoms with van der Waals surface area (Å²) in [6.07, 6.45) is -0.972. The average Bonchev–Trinajstić information content (AvgIpc) is 3.14. The van der Waals surface area contributed by atoms with Crippen LogP contribution < -0.4 is 10.6 Å². The SMILES string of the molecule is O=C(/C=C/C(F)(F)F)Nc1ccc2ncnc(Nc3ccc4[nH]ccc4c3)c2c1. The highest BCUT2D eigenvalue weighted by atomic mass is 19.4. The summed E-state index contributed by atoms with van der Waals surface area (Å²) in [4.78, 5) is 23.3. The Morgan fingerprint density at radius 1 is 1.03 bits per heavy atom. The maximum atomic E-state index is 12.2. The molecule has 0 spiro atoms. The highest BCUT2D eigenvalue weighted by Crippen LogP contribution is 2.27. The van der Waals surface area contributed by atoms with Gasteiger partial charge in [-0.25, -0.2) is 9.97 Å². The van der Waals surface area contributed by atoms with Gasteiger partial charge in [-0.1, -0.05) is 0 Å². The zero-order valence-electron chi connectivity index (χ0n) is 14.8. The molecule has 0 unspecified atom stereocenters. The molecule has 0 saturated heterocycles. The molecule has 0 saturated carbocycles. The molecule has 4 rings (SSSR count). The van der Waals surface area contributed by atoms with Gasteiger partial charge in [0.2, 0.25) is 5.91 Å². The highest BCUT2D eigenvalue weighted by Gasteiger charge is 2.22. The van der Waals surface area contributed by atoms with Gasteiger partial charge >= 0.3 is 6.18 Å². The van der Waals surface area contributed by atoms with Crippen molar-refractivity contribution >= 4 is 44.9 Å². The molecular formula is C20H14F3N5O. The number of hydrogen-bond acceptors (Lipinski definition) is 4. The van der Waals surface area contributed by atoms with Crippen LogP contribution in [0, 0.1) is 0 Å². The number of hydrogen-bond donors (Lipinski definition) is 3. The van der Waals surface area contributed by atoms with E-state index in [1.807, 2.05) is 30.5 Å². The molecule has 6 nitrogen and oxygen atoms in total. The lowest BCUT2D eigenvalue weighted by Gasteiger charge is -2.10. The molecule has 0 atom stereocenters. The van der Waals surface area contributed by atoms with E-state index in [-0.39, 0.29) is 6.08 Å². The first-order valence-corrected chi connectivity index (χ1v) is 8.53. The molecule has 3 N–H and O–H groups in total. The third-order valence-electron chi connectivity index (χ3n) is 4.14. The Kier molecular flexibility index (Phi) is 4.63. The summed E-state index contributed by atoms with van der Waals surface area (Å²) in [5, 5.41) is 7.26. The molecule has 0 aliphatic heterocycles. The molecule has 2 aromatic carbocycles. The lowest BCUT2D eigenvalue weighted by atomic mass is 10.2. The van der Waals surface area contributed by atoms with E-state index in [2.05, 4.69) is 25.6 Å². The Balaban J connectivity index is 1.62. The van der Waals surface area contributed by atoms with Crippen molar-refractivity contribution in [2.75, 3.05) is 10.6 Å². The number of fused-ring (bicyclic) bond motifs is 2. The standard InChI is InChI=1S/C20H14F3N5O/c21-20(22,23)7-5-18(29)27-14-2-4-17-15(10-14)19(26-11-25-17)28-13-1-3-16-12(9-13)6-8-24-16/h1-11,24H,(H,27,29)(H,25,26,28)/b7-5+. The van der Waals surface area contributed by atoms with E-state index in [9.17, 15) is 18.0 Å². The van der Waals surface area contributed by atoms with Gasteiger partial charge in [-0.2, -0.15) is 13.2 Å². The number of rotatable bonds is 4. The molecule has 2 heterocycles. The number of aromatic amines is 1. The van der Waals surface area contributed by atoms with Gasteiger partial charge in [0, 0.05) is 46.0 Å². The van der Waals surface area contributed by atoms with Crippen LogP contribution in [0.2, 0.25) is 0 Å². The van der Waals surface area contributed by atoms with E-state index in [1.54, 1.807) is 18.2 Å². The number of carbonyl (C=O) groups is 1. The van der Waals surface area contributed by atoms with E-state index in [4.69, 9.17) is 0 Å². The molecule has 29 heavy (non-hydrogen) atoms. The molecule has 0 radical (unpaired) electrons. The Morgan fingerprint density at radius 3 is 2.69 bits per heavy atom. The predicted octanol–water partition coefficient (Wildman–Crippen LogP) is 4.91. The number of benzene rings is 2. The number of aromatic nitrogens is 3. The smallest absolute Gasteiger partial charge is 0.361 e. The summed E-state index contributed by atoms with van der Waals surface area (Å²) < 4.78 is 36.6. The number of H-pyrrole nitrogens is 1. The lowest BCUT2D eigenvalue weighted by Crippen LogP contribution is -2.10. The minimum Gasteiger partial charge on any atom is -0.361 e. The van der Waals surface area contributed by atoms with Gasteiger partial charge in [-0.15, -0.1) is 0 Å². The summed E-state index contributed by atoms with van der Waals surface area (Å²) in [5.41, 5.74) is 2.75. The predicted molar refractivity (Wildman–Crippen MR) is 105 cm³/mol. The van der Waals surface area contributed by atoms with Crippen LogP contribution in [0.4, 0.5) is 30.4 Å². The van der Waals surface area contributed by atoms with Crippen LogP contribution in [0.25, 0.3) is 21.8 Å². The van der Waals surface area contributed by atoms with Crippen molar-refractivity contribution in [3.05, 3.63) is 67.1 Å². The molecule has 0 bridgehead atoms. The normalized spacial score (nSPS) is 12.0. The molecular weight excluding hydrogens is 383 g/mol. The van der Waals surface area contributed by atoms with Crippen molar-refractivity contribution in [3.63, 3.8) is 0 Å². The minimum absolute atomic E-state index is 0.114. The molecule has 0 aliphatic rings. The quantitative estimate of drug-likeness (QED) is 0.427. The van der Waals surface area contributed by atoms with Crippen LogP contribution >= 0.6 is 0 Å². The largest absolute Gasteiger partial charge is 0.409 e. The third-order valence-corrected chi connectivity index (χ3v) is 4.14. The summed E-state index contributed by atoms with van der Waals surface area (Å²) in [5.74, 6) is -0.377. The summed E-state index contributed by atoms with van der Waals surface area (Å²) >= 11 is 0. The zero-order chi connectivity index (χ0) is 20.4. The van der Waals surface area contributed by atoms with Crippen molar-refractivity contribution in [3.8, 4) is 0 Å². The molecule has 4 aromatic rings. The van der Waals surface area contributed by atoms with E-state index in [0.29, 0.717) is 28.5 Å². The summed E-state index contributed by atoms with van der Waals surface area (Å²) in [6.45, 7) is 0. The van der Waals surface area contributed by atoms with Gasteiger partial charge in [0.05, 0.1) is 5.52 Å². The van der Waals surface area contributed by atoms with Crippen LogP contribution in [0.15, 0.2) is 67.1 Å². The number of carbonyl (C=O) groups excluding carboxylic acids is 1. The Morgan fingerprint density at radius 2 is 1.86 bits per heavy atom.